The largest absolute Gasteiger partial charge is 0.305 e. The van der Waals surface area contributed by atoms with Crippen LogP contribution in [-0.2, 0) is 0 Å². The normalized spacial score (nSPS) is 36.2. The van der Waals surface area contributed by atoms with Gasteiger partial charge in [-0.2, -0.15) is 0 Å². The Morgan fingerprint density at radius 3 is 2.55 bits per heavy atom. The Labute approximate surface area is 122 Å². The Morgan fingerprint density at radius 2 is 1.95 bits per heavy atom. The van der Waals surface area contributed by atoms with Crippen molar-refractivity contribution in [2.45, 2.75) is 66.0 Å². The molecule has 3 nitrogen and oxygen atoms in total. The van der Waals surface area contributed by atoms with Crippen LogP contribution in [0.15, 0.2) is 12.4 Å². The third-order valence-electron chi connectivity index (χ3n) is 6.02. The summed E-state index contributed by atoms with van der Waals surface area (Å²) >= 11 is 0. The molecule has 2 aliphatic carbocycles. The molecule has 1 heterocycles. The van der Waals surface area contributed by atoms with Gasteiger partial charge in [0, 0.05) is 24.5 Å². The second kappa shape index (κ2) is 4.52. The van der Waals surface area contributed by atoms with Crippen LogP contribution < -0.4 is 5.32 Å². The van der Waals surface area contributed by atoms with Gasteiger partial charge in [-0.15, -0.1) is 0 Å². The fourth-order valence-corrected chi connectivity index (χ4v) is 4.89. The van der Waals surface area contributed by atoms with Gasteiger partial charge in [0.2, 0.25) is 0 Å². The molecule has 1 aromatic heterocycles. The number of rotatable bonds is 3. The van der Waals surface area contributed by atoms with Gasteiger partial charge in [0.1, 0.15) is 0 Å². The zero-order valence-corrected chi connectivity index (χ0v) is 13.4. The fraction of sp³-hybridized carbons (Fsp3) is 0.765. The molecule has 0 aliphatic heterocycles. The average molecular weight is 273 g/mol. The van der Waals surface area contributed by atoms with Crippen molar-refractivity contribution in [1.82, 2.24) is 15.3 Å². The number of hydrogen-bond acceptors (Lipinski definition) is 3. The number of aryl methyl sites for hydroxylation is 1. The summed E-state index contributed by atoms with van der Waals surface area (Å²) in [5, 5.41) is 3.90. The summed E-state index contributed by atoms with van der Waals surface area (Å²) in [4.78, 5) is 8.90. The summed E-state index contributed by atoms with van der Waals surface area (Å²) in [7, 11) is 0. The lowest BCUT2D eigenvalue weighted by Gasteiger charge is -2.44. The van der Waals surface area contributed by atoms with Crippen LogP contribution in [0.3, 0.4) is 0 Å². The van der Waals surface area contributed by atoms with E-state index in [0.717, 1.165) is 17.3 Å². The second-order valence-corrected chi connectivity index (χ2v) is 7.76. The number of nitrogens with one attached hydrogen (secondary N) is 1. The Hall–Kier alpha value is -0.960. The molecule has 2 fully saturated rings. The second-order valence-electron chi connectivity index (χ2n) is 7.76. The molecule has 4 unspecified atom stereocenters. The van der Waals surface area contributed by atoms with Crippen LogP contribution in [0.5, 0.6) is 0 Å². The van der Waals surface area contributed by atoms with Crippen LogP contribution >= 0.6 is 0 Å². The fourth-order valence-electron chi connectivity index (χ4n) is 4.89. The van der Waals surface area contributed by atoms with Gasteiger partial charge in [-0.3, -0.25) is 9.97 Å². The molecule has 3 heteroatoms. The summed E-state index contributed by atoms with van der Waals surface area (Å²) in [6, 6.07) is 0.842. The molecule has 0 aromatic carbocycles. The quantitative estimate of drug-likeness (QED) is 0.913. The van der Waals surface area contributed by atoms with Gasteiger partial charge in [-0.1, -0.05) is 20.8 Å². The predicted octanol–water partition coefficient (Wildman–Crippen LogP) is 3.65. The highest BCUT2D eigenvalue weighted by molar-refractivity contribution is 5.17. The summed E-state index contributed by atoms with van der Waals surface area (Å²) in [5.41, 5.74) is 2.98. The first-order chi connectivity index (χ1) is 9.34. The molecule has 1 N–H and O–H groups in total. The zero-order chi connectivity index (χ0) is 14.5. The van der Waals surface area contributed by atoms with Crippen LogP contribution in [0, 0.1) is 23.7 Å². The molecule has 3 rings (SSSR count). The summed E-state index contributed by atoms with van der Waals surface area (Å²) < 4.78 is 0. The minimum Gasteiger partial charge on any atom is -0.305 e. The maximum absolute atomic E-state index is 4.53. The SMILES string of the molecule is Cc1nccnc1C(C)NC1C2(C)CCC(C2)C1(C)C. The van der Waals surface area contributed by atoms with Crippen LogP contribution in [0.4, 0.5) is 0 Å². The van der Waals surface area contributed by atoms with Crippen molar-refractivity contribution in [3.8, 4) is 0 Å². The van der Waals surface area contributed by atoms with Gasteiger partial charge < -0.3 is 5.32 Å². The van der Waals surface area contributed by atoms with E-state index < -0.39 is 0 Å². The Balaban J connectivity index is 1.83. The van der Waals surface area contributed by atoms with Crippen molar-refractivity contribution in [1.29, 1.82) is 0 Å². The first-order valence-corrected chi connectivity index (χ1v) is 7.88. The number of fused-ring (bicyclic) bond motifs is 2. The molecule has 0 saturated heterocycles. The topological polar surface area (TPSA) is 37.8 Å². The van der Waals surface area contributed by atoms with Gasteiger partial charge >= 0.3 is 0 Å². The van der Waals surface area contributed by atoms with E-state index in [2.05, 4.69) is 43.0 Å². The number of hydrogen-bond donors (Lipinski definition) is 1. The van der Waals surface area contributed by atoms with Crippen molar-refractivity contribution in [3.05, 3.63) is 23.8 Å². The van der Waals surface area contributed by atoms with E-state index in [-0.39, 0.29) is 6.04 Å². The van der Waals surface area contributed by atoms with E-state index in [4.69, 9.17) is 0 Å². The minimum absolute atomic E-state index is 0.268. The molecular formula is C17H27N3. The van der Waals surface area contributed by atoms with Crippen LogP contribution in [-0.4, -0.2) is 16.0 Å². The Morgan fingerprint density at radius 1 is 1.25 bits per heavy atom. The lowest BCUT2D eigenvalue weighted by atomic mass is 9.68. The van der Waals surface area contributed by atoms with Crippen LogP contribution in [0.1, 0.15) is 64.4 Å². The molecule has 0 spiro atoms. The van der Waals surface area contributed by atoms with Gasteiger partial charge in [0.25, 0.3) is 0 Å². The van der Waals surface area contributed by atoms with Gasteiger partial charge in [-0.05, 0) is 49.9 Å². The smallest absolute Gasteiger partial charge is 0.0782 e. The lowest BCUT2D eigenvalue weighted by molar-refractivity contribution is 0.0996. The molecule has 2 aliphatic rings. The van der Waals surface area contributed by atoms with E-state index in [1.165, 1.54) is 19.3 Å². The molecule has 4 atom stereocenters. The van der Waals surface area contributed by atoms with E-state index >= 15 is 0 Å². The first-order valence-electron chi connectivity index (χ1n) is 7.88. The maximum Gasteiger partial charge on any atom is 0.0782 e. The van der Waals surface area contributed by atoms with Gasteiger partial charge in [0.15, 0.2) is 0 Å². The summed E-state index contributed by atoms with van der Waals surface area (Å²) in [5.74, 6) is 0.875. The highest BCUT2D eigenvalue weighted by Crippen LogP contribution is 2.62. The van der Waals surface area contributed by atoms with Gasteiger partial charge in [0.05, 0.1) is 11.4 Å². The van der Waals surface area contributed by atoms with Crippen LogP contribution in [0.25, 0.3) is 0 Å². The van der Waals surface area contributed by atoms with E-state index in [1.807, 2.05) is 6.92 Å². The lowest BCUT2D eigenvalue weighted by Crippen LogP contribution is -2.51. The first kappa shape index (κ1) is 14.0. The standard InChI is InChI=1S/C17H27N3/c1-11-14(19-9-8-18-11)12(2)20-15-16(3,4)13-6-7-17(15,5)10-13/h8-9,12-13,15,20H,6-7,10H2,1-5H3. The number of nitrogens with zero attached hydrogens (tertiary/aromatic N) is 2. The highest BCUT2D eigenvalue weighted by Gasteiger charge is 2.59. The molecule has 0 amide bonds. The highest BCUT2D eigenvalue weighted by atomic mass is 15.0. The minimum atomic E-state index is 0.268. The molecule has 2 bridgehead atoms. The van der Waals surface area contributed by atoms with Crippen molar-refractivity contribution >= 4 is 0 Å². The summed E-state index contributed by atoms with van der Waals surface area (Å²) in [6.45, 7) is 11.6. The Kier molecular flexibility index (Phi) is 3.16. The number of aromatic nitrogens is 2. The molecule has 2 saturated carbocycles. The average Bonchev–Trinajstić information content (AvgIpc) is 2.86. The molecule has 20 heavy (non-hydrogen) atoms. The van der Waals surface area contributed by atoms with E-state index in [9.17, 15) is 0 Å². The van der Waals surface area contributed by atoms with Crippen molar-refractivity contribution in [3.63, 3.8) is 0 Å². The Bertz CT molecular complexity index is 506. The molecule has 0 radical (unpaired) electrons. The van der Waals surface area contributed by atoms with E-state index in [0.29, 0.717) is 16.9 Å². The zero-order valence-electron chi connectivity index (χ0n) is 13.4. The van der Waals surface area contributed by atoms with E-state index in [1.54, 1.807) is 12.4 Å². The predicted molar refractivity (Wildman–Crippen MR) is 81.3 cm³/mol. The summed E-state index contributed by atoms with van der Waals surface area (Å²) in [6.07, 6.45) is 7.72. The van der Waals surface area contributed by atoms with Gasteiger partial charge in [-0.25, -0.2) is 0 Å². The molecule has 1 aromatic rings. The molecular weight excluding hydrogens is 246 g/mol. The third-order valence-corrected chi connectivity index (χ3v) is 6.02. The van der Waals surface area contributed by atoms with Crippen molar-refractivity contribution in [2.24, 2.45) is 16.7 Å². The van der Waals surface area contributed by atoms with Crippen molar-refractivity contribution in [2.75, 3.05) is 0 Å². The molecule has 110 valence electrons. The third kappa shape index (κ3) is 1.98. The van der Waals surface area contributed by atoms with Crippen molar-refractivity contribution < 1.29 is 0 Å². The van der Waals surface area contributed by atoms with Crippen LogP contribution in [0.2, 0.25) is 0 Å². The maximum atomic E-state index is 4.53. The monoisotopic (exact) mass is 273 g/mol.